The predicted molar refractivity (Wildman–Crippen MR) is 89.4 cm³/mol. The van der Waals surface area contributed by atoms with Gasteiger partial charge in [0, 0.05) is 4.47 Å². The molecule has 0 radical (unpaired) electrons. The highest BCUT2D eigenvalue weighted by Gasteiger charge is 2.14. The Morgan fingerprint density at radius 2 is 1.78 bits per heavy atom. The molecule has 1 unspecified atom stereocenters. The molecule has 2 aromatic rings. The second-order valence-corrected chi connectivity index (χ2v) is 5.83. The lowest BCUT2D eigenvalue weighted by atomic mass is 10.1. The number of carbonyl (C=O) groups excluding carboxylic acids is 2. The zero-order chi connectivity index (χ0) is 16.8. The molecular weight excluding hydrogens is 363 g/mol. The predicted octanol–water partition coefficient (Wildman–Crippen LogP) is 3.20. The van der Waals surface area contributed by atoms with E-state index in [1.54, 1.807) is 6.07 Å². The Balaban J connectivity index is 1.89. The number of amides is 2. The van der Waals surface area contributed by atoms with E-state index < -0.39 is 11.7 Å². The van der Waals surface area contributed by atoms with E-state index in [0.717, 1.165) is 10.0 Å². The third-order valence-corrected chi connectivity index (χ3v) is 4.00. The van der Waals surface area contributed by atoms with Crippen LogP contribution in [0.25, 0.3) is 0 Å². The SMILES string of the molecule is CC(NC(=O)CNC(=O)c1ccccc1F)c1ccccc1Br. The first-order chi connectivity index (χ1) is 11.0. The quantitative estimate of drug-likeness (QED) is 0.839. The first-order valence-electron chi connectivity index (χ1n) is 7.05. The molecular formula is C17H16BrFN2O2. The van der Waals surface area contributed by atoms with Crippen LogP contribution in [0.3, 0.4) is 0 Å². The molecule has 2 aromatic carbocycles. The van der Waals surface area contributed by atoms with Crippen molar-refractivity contribution in [3.63, 3.8) is 0 Å². The first kappa shape index (κ1) is 17.1. The molecule has 0 heterocycles. The minimum Gasteiger partial charge on any atom is -0.348 e. The van der Waals surface area contributed by atoms with Crippen molar-refractivity contribution in [3.8, 4) is 0 Å². The van der Waals surface area contributed by atoms with Crippen molar-refractivity contribution in [2.75, 3.05) is 6.54 Å². The van der Waals surface area contributed by atoms with Crippen LogP contribution < -0.4 is 10.6 Å². The molecule has 0 aliphatic rings. The van der Waals surface area contributed by atoms with Gasteiger partial charge in [-0.25, -0.2) is 4.39 Å². The van der Waals surface area contributed by atoms with E-state index in [9.17, 15) is 14.0 Å². The Labute approximate surface area is 142 Å². The number of hydrogen-bond acceptors (Lipinski definition) is 2. The number of nitrogens with one attached hydrogen (secondary N) is 2. The Bertz CT molecular complexity index is 721. The molecule has 0 fully saturated rings. The molecule has 120 valence electrons. The topological polar surface area (TPSA) is 58.2 Å². The number of benzene rings is 2. The summed E-state index contributed by atoms with van der Waals surface area (Å²) in [6.07, 6.45) is 0. The number of carbonyl (C=O) groups is 2. The highest BCUT2D eigenvalue weighted by atomic mass is 79.9. The molecule has 2 N–H and O–H groups in total. The number of rotatable bonds is 5. The van der Waals surface area contributed by atoms with E-state index >= 15 is 0 Å². The Morgan fingerprint density at radius 1 is 1.13 bits per heavy atom. The average Bonchev–Trinajstić information content (AvgIpc) is 2.53. The molecule has 2 rings (SSSR count). The standard InChI is InChI=1S/C17H16BrFN2O2/c1-11(12-6-2-4-8-14(12)18)21-16(22)10-20-17(23)13-7-3-5-9-15(13)19/h2-9,11H,10H2,1H3,(H,20,23)(H,21,22). The lowest BCUT2D eigenvalue weighted by Crippen LogP contribution is -2.38. The van der Waals surface area contributed by atoms with Crippen LogP contribution >= 0.6 is 15.9 Å². The van der Waals surface area contributed by atoms with Crippen molar-refractivity contribution in [1.29, 1.82) is 0 Å². The third kappa shape index (κ3) is 4.63. The maximum atomic E-state index is 13.5. The van der Waals surface area contributed by atoms with Crippen LogP contribution in [0.5, 0.6) is 0 Å². The van der Waals surface area contributed by atoms with Crippen LogP contribution in [0.15, 0.2) is 53.0 Å². The van der Waals surface area contributed by atoms with Gasteiger partial charge in [0.1, 0.15) is 5.82 Å². The van der Waals surface area contributed by atoms with Gasteiger partial charge in [-0.3, -0.25) is 9.59 Å². The number of hydrogen-bond donors (Lipinski definition) is 2. The second kappa shape index (κ2) is 7.87. The highest BCUT2D eigenvalue weighted by molar-refractivity contribution is 9.10. The highest BCUT2D eigenvalue weighted by Crippen LogP contribution is 2.22. The van der Waals surface area contributed by atoms with Crippen molar-refractivity contribution < 1.29 is 14.0 Å². The summed E-state index contributed by atoms with van der Waals surface area (Å²) in [5.41, 5.74) is 0.848. The van der Waals surface area contributed by atoms with Gasteiger partial charge in [0.2, 0.25) is 5.91 Å². The van der Waals surface area contributed by atoms with Crippen molar-refractivity contribution in [2.24, 2.45) is 0 Å². The van der Waals surface area contributed by atoms with Crippen molar-refractivity contribution in [3.05, 3.63) is 69.9 Å². The summed E-state index contributed by atoms with van der Waals surface area (Å²) in [5.74, 6) is -1.59. The van der Waals surface area contributed by atoms with Gasteiger partial charge < -0.3 is 10.6 Å². The molecule has 0 saturated carbocycles. The minimum atomic E-state index is -0.619. The van der Waals surface area contributed by atoms with Crippen molar-refractivity contribution in [2.45, 2.75) is 13.0 Å². The molecule has 0 aliphatic carbocycles. The van der Waals surface area contributed by atoms with E-state index in [0.29, 0.717) is 0 Å². The molecule has 0 spiro atoms. The summed E-state index contributed by atoms with van der Waals surface area (Å²) < 4.78 is 14.4. The summed E-state index contributed by atoms with van der Waals surface area (Å²) in [4.78, 5) is 23.8. The maximum absolute atomic E-state index is 13.5. The van der Waals surface area contributed by atoms with Crippen LogP contribution in [0, 0.1) is 5.82 Å². The molecule has 1 atom stereocenters. The molecule has 6 heteroatoms. The lowest BCUT2D eigenvalue weighted by molar-refractivity contribution is -0.120. The van der Waals surface area contributed by atoms with Crippen LogP contribution in [0.2, 0.25) is 0 Å². The summed E-state index contributed by atoms with van der Waals surface area (Å²) in [7, 11) is 0. The van der Waals surface area contributed by atoms with Gasteiger partial charge in [-0.2, -0.15) is 0 Å². The fourth-order valence-electron chi connectivity index (χ4n) is 2.10. The van der Waals surface area contributed by atoms with Gasteiger partial charge in [0.25, 0.3) is 5.91 Å². The van der Waals surface area contributed by atoms with Gasteiger partial charge >= 0.3 is 0 Å². The van der Waals surface area contributed by atoms with E-state index in [1.807, 2.05) is 31.2 Å². The van der Waals surface area contributed by atoms with E-state index in [4.69, 9.17) is 0 Å². The van der Waals surface area contributed by atoms with Gasteiger partial charge in [0.15, 0.2) is 0 Å². The Morgan fingerprint density at radius 3 is 2.48 bits per heavy atom. The fourth-order valence-corrected chi connectivity index (χ4v) is 2.73. The van der Waals surface area contributed by atoms with Gasteiger partial charge in [-0.1, -0.05) is 46.3 Å². The van der Waals surface area contributed by atoms with E-state index in [-0.39, 0.29) is 24.1 Å². The van der Waals surface area contributed by atoms with E-state index in [1.165, 1.54) is 18.2 Å². The maximum Gasteiger partial charge on any atom is 0.254 e. The summed E-state index contributed by atoms with van der Waals surface area (Å²) in [6, 6.07) is 13.0. The van der Waals surface area contributed by atoms with Crippen LogP contribution in [-0.4, -0.2) is 18.4 Å². The average molecular weight is 379 g/mol. The molecule has 0 saturated heterocycles. The Hall–Kier alpha value is -2.21. The van der Waals surface area contributed by atoms with Gasteiger partial charge in [-0.15, -0.1) is 0 Å². The summed E-state index contributed by atoms with van der Waals surface area (Å²) in [6.45, 7) is 1.62. The smallest absolute Gasteiger partial charge is 0.254 e. The summed E-state index contributed by atoms with van der Waals surface area (Å²) >= 11 is 3.42. The molecule has 0 aromatic heterocycles. The zero-order valence-corrected chi connectivity index (χ0v) is 14.1. The third-order valence-electron chi connectivity index (χ3n) is 3.28. The van der Waals surface area contributed by atoms with E-state index in [2.05, 4.69) is 26.6 Å². The van der Waals surface area contributed by atoms with Gasteiger partial charge in [-0.05, 0) is 30.7 Å². The second-order valence-electron chi connectivity index (χ2n) is 4.97. The zero-order valence-electron chi connectivity index (χ0n) is 12.5. The minimum absolute atomic E-state index is 0.0841. The molecule has 0 bridgehead atoms. The fraction of sp³-hybridized carbons (Fsp3) is 0.176. The lowest BCUT2D eigenvalue weighted by Gasteiger charge is -2.16. The normalized spacial score (nSPS) is 11.6. The molecule has 2 amide bonds. The van der Waals surface area contributed by atoms with Crippen LogP contribution in [0.4, 0.5) is 4.39 Å². The first-order valence-corrected chi connectivity index (χ1v) is 7.85. The van der Waals surface area contributed by atoms with Crippen molar-refractivity contribution >= 4 is 27.7 Å². The van der Waals surface area contributed by atoms with Gasteiger partial charge in [0.05, 0.1) is 18.2 Å². The largest absolute Gasteiger partial charge is 0.348 e. The molecule has 4 nitrogen and oxygen atoms in total. The monoisotopic (exact) mass is 378 g/mol. The summed E-state index contributed by atoms with van der Waals surface area (Å²) in [5, 5.41) is 5.19. The molecule has 23 heavy (non-hydrogen) atoms. The van der Waals surface area contributed by atoms with Crippen LogP contribution in [-0.2, 0) is 4.79 Å². The number of halogens is 2. The Kier molecular flexibility index (Phi) is 5.87. The van der Waals surface area contributed by atoms with Crippen LogP contribution in [0.1, 0.15) is 28.9 Å². The molecule has 0 aliphatic heterocycles. The van der Waals surface area contributed by atoms with Crippen molar-refractivity contribution in [1.82, 2.24) is 10.6 Å².